The van der Waals surface area contributed by atoms with Gasteiger partial charge in [0.05, 0.1) is 0 Å². The van der Waals surface area contributed by atoms with Gasteiger partial charge in [0, 0.05) is 29.3 Å². The van der Waals surface area contributed by atoms with Crippen molar-refractivity contribution in [3.05, 3.63) is 65.4 Å². The molecule has 2 aromatic carbocycles. The lowest BCUT2D eigenvalue weighted by Crippen LogP contribution is -2.30. The maximum Gasteiger partial charge on any atom is 0.319 e. The number of urea groups is 1. The third-order valence-electron chi connectivity index (χ3n) is 3.91. The van der Waals surface area contributed by atoms with Crippen LogP contribution in [-0.4, -0.2) is 17.6 Å². The molecule has 3 rings (SSSR count). The zero-order valence-electron chi connectivity index (χ0n) is 13.4. The first kappa shape index (κ1) is 15.2. The molecule has 0 spiro atoms. The standard InChI is InChI=1S/C19H21N3O/c1-13-3-6-16(7-4-13)22-19(23)20-10-9-15-12-21-18-8-5-14(2)11-17(15)18/h3-8,11-12,21H,9-10H2,1-2H3,(H2,20,22,23). The first-order valence-corrected chi connectivity index (χ1v) is 7.80. The summed E-state index contributed by atoms with van der Waals surface area (Å²) in [5.74, 6) is 0. The number of aromatic nitrogens is 1. The second-order valence-electron chi connectivity index (χ2n) is 5.86. The minimum atomic E-state index is -0.176. The molecular weight excluding hydrogens is 286 g/mol. The van der Waals surface area contributed by atoms with Gasteiger partial charge >= 0.3 is 6.03 Å². The van der Waals surface area contributed by atoms with E-state index in [4.69, 9.17) is 0 Å². The number of nitrogens with one attached hydrogen (secondary N) is 3. The van der Waals surface area contributed by atoms with E-state index in [-0.39, 0.29) is 6.03 Å². The van der Waals surface area contributed by atoms with Crippen LogP contribution in [0, 0.1) is 13.8 Å². The van der Waals surface area contributed by atoms with Gasteiger partial charge in [-0.2, -0.15) is 0 Å². The molecule has 3 aromatic rings. The molecular formula is C19H21N3O. The van der Waals surface area contributed by atoms with Crippen molar-refractivity contribution in [1.82, 2.24) is 10.3 Å². The van der Waals surface area contributed by atoms with Crippen LogP contribution in [0.4, 0.5) is 10.5 Å². The van der Waals surface area contributed by atoms with Gasteiger partial charge in [-0.25, -0.2) is 4.79 Å². The lowest BCUT2D eigenvalue weighted by atomic mass is 10.1. The number of aromatic amines is 1. The average molecular weight is 307 g/mol. The van der Waals surface area contributed by atoms with E-state index in [1.165, 1.54) is 22.1 Å². The molecule has 0 unspecified atom stereocenters. The fraction of sp³-hybridized carbons (Fsp3) is 0.211. The highest BCUT2D eigenvalue weighted by molar-refractivity contribution is 5.89. The van der Waals surface area contributed by atoms with Gasteiger partial charge in [0.25, 0.3) is 0 Å². The normalized spacial score (nSPS) is 10.7. The summed E-state index contributed by atoms with van der Waals surface area (Å²) in [5.41, 5.74) is 5.57. The number of rotatable bonds is 4. The molecule has 0 saturated heterocycles. The van der Waals surface area contributed by atoms with E-state index >= 15 is 0 Å². The summed E-state index contributed by atoms with van der Waals surface area (Å²) in [7, 11) is 0. The molecule has 0 saturated carbocycles. The first-order valence-electron chi connectivity index (χ1n) is 7.80. The van der Waals surface area contributed by atoms with Crippen molar-refractivity contribution >= 4 is 22.6 Å². The van der Waals surface area contributed by atoms with Crippen LogP contribution >= 0.6 is 0 Å². The Balaban J connectivity index is 1.55. The lowest BCUT2D eigenvalue weighted by molar-refractivity contribution is 0.252. The van der Waals surface area contributed by atoms with E-state index < -0.39 is 0 Å². The summed E-state index contributed by atoms with van der Waals surface area (Å²) in [6.45, 7) is 4.70. The molecule has 0 radical (unpaired) electrons. The smallest absolute Gasteiger partial charge is 0.319 e. The van der Waals surface area contributed by atoms with E-state index in [0.717, 1.165) is 17.6 Å². The average Bonchev–Trinajstić information content (AvgIpc) is 2.92. The molecule has 0 aliphatic heterocycles. The zero-order valence-corrected chi connectivity index (χ0v) is 13.4. The quantitative estimate of drug-likeness (QED) is 0.666. The Labute approximate surface area is 135 Å². The molecule has 0 atom stereocenters. The first-order chi connectivity index (χ1) is 11.1. The number of hydrogen-bond acceptors (Lipinski definition) is 1. The number of fused-ring (bicyclic) bond motifs is 1. The van der Waals surface area contributed by atoms with Gasteiger partial charge < -0.3 is 15.6 Å². The summed E-state index contributed by atoms with van der Waals surface area (Å²) in [6, 6.07) is 13.9. The van der Waals surface area contributed by atoms with Crippen molar-refractivity contribution in [2.45, 2.75) is 20.3 Å². The Morgan fingerprint density at radius 3 is 2.57 bits per heavy atom. The molecule has 4 nitrogen and oxygen atoms in total. The van der Waals surface area contributed by atoms with E-state index in [1.807, 2.05) is 37.4 Å². The monoisotopic (exact) mass is 307 g/mol. The Morgan fingerprint density at radius 2 is 1.78 bits per heavy atom. The SMILES string of the molecule is Cc1ccc(NC(=O)NCCc2c[nH]c3ccc(C)cc23)cc1. The van der Waals surface area contributed by atoms with Crippen LogP contribution in [0.15, 0.2) is 48.7 Å². The Morgan fingerprint density at radius 1 is 1.04 bits per heavy atom. The molecule has 4 heteroatoms. The maximum atomic E-state index is 11.9. The molecule has 1 aromatic heterocycles. The number of hydrogen-bond donors (Lipinski definition) is 3. The van der Waals surface area contributed by atoms with Gasteiger partial charge in [-0.05, 0) is 50.1 Å². The molecule has 0 aliphatic carbocycles. The van der Waals surface area contributed by atoms with Crippen molar-refractivity contribution in [2.24, 2.45) is 0 Å². The molecule has 2 amide bonds. The van der Waals surface area contributed by atoms with E-state index in [1.54, 1.807) is 0 Å². The molecule has 23 heavy (non-hydrogen) atoms. The summed E-state index contributed by atoms with van der Waals surface area (Å²) < 4.78 is 0. The Kier molecular flexibility index (Phi) is 4.33. The molecule has 118 valence electrons. The third-order valence-corrected chi connectivity index (χ3v) is 3.91. The van der Waals surface area contributed by atoms with Crippen LogP contribution in [0.3, 0.4) is 0 Å². The van der Waals surface area contributed by atoms with Crippen molar-refractivity contribution in [3.63, 3.8) is 0 Å². The Bertz CT molecular complexity index is 818. The highest BCUT2D eigenvalue weighted by Gasteiger charge is 2.05. The highest BCUT2D eigenvalue weighted by atomic mass is 16.2. The van der Waals surface area contributed by atoms with Crippen LogP contribution in [0.25, 0.3) is 10.9 Å². The number of benzene rings is 2. The van der Waals surface area contributed by atoms with E-state index in [2.05, 4.69) is 40.7 Å². The van der Waals surface area contributed by atoms with Gasteiger partial charge in [0.15, 0.2) is 0 Å². The van der Waals surface area contributed by atoms with E-state index in [9.17, 15) is 4.79 Å². The summed E-state index contributed by atoms with van der Waals surface area (Å²) in [4.78, 5) is 15.2. The number of carbonyl (C=O) groups is 1. The number of aryl methyl sites for hydroxylation is 2. The number of anilines is 1. The summed E-state index contributed by atoms with van der Waals surface area (Å²) >= 11 is 0. The lowest BCUT2D eigenvalue weighted by Gasteiger charge is -2.07. The Hall–Kier alpha value is -2.75. The number of carbonyl (C=O) groups excluding carboxylic acids is 1. The van der Waals surface area contributed by atoms with Gasteiger partial charge in [-0.1, -0.05) is 29.3 Å². The van der Waals surface area contributed by atoms with Crippen LogP contribution < -0.4 is 10.6 Å². The number of amides is 2. The van der Waals surface area contributed by atoms with Gasteiger partial charge in [-0.15, -0.1) is 0 Å². The van der Waals surface area contributed by atoms with Crippen molar-refractivity contribution < 1.29 is 4.79 Å². The fourth-order valence-electron chi connectivity index (χ4n) is 2.62. The fourth-order valence-corrected chi connectivity index (χ4v) is 2.62. The zero-order chi connectivity index (χ0) is 16.2. The van der Waals surface area contributed by atoms with Crippen molar-refractivity contribution in [3.8, 4) is 0 Å². The third kappa shape index (κ3) is 3.72. The second-order valence-corrected chi connectivity index (χ2v) is 5.86. The predicted octanol–water partition coefficient (Wildman–Crippen LogP) is 4.15. The van der Waals surface area contributed by atoms with Crippen molar-refractivity contribution in [1.29, 1.82) is 0 Å². The van der Waals surface area contributed by atoms with Crippen LogP contribution in [0.1, 0.15) is 16.7 Å². The topological polar surface area (TPSA) is 56.9 Å². The maximum absolute atomic E-state index is 11.9. The molecule has 0 fully saturated rings. The van der Waals surface area contributed by atoms with Gasteiger partial charge in [0.1, 0.15) is 0 Å². The highest BCUT2D eigenvalue weighted by Crippen LogP contribution is 2.19. The minimum absolute atomic E-state index is 0.176. The minimum Gasteiger partial charge on any atom is -0.361 e. The van der Waals surface area contributed by atoms with Crippen molar-refractivity contribution in [2.75, 3.05) is 11.9 Å². The van der Waals surface area contributed by atoms with Crippen LogP contribution in [-0.2, 0) is 6.42 Å². The second kappa shape index (κ2) is 6.57. The predicted molar refractivity (Wildman–Crippen MR) is 94.9 cm³/mol. The summed E-state index contributed by atoms with van der Waals surface area (Å²) in [6.07, 6.45) is 2.81. The van der Waals surface area contributed by atoms with Crippen LogP contribution in [0.2, 0.25) is 0 Å². The largest absolute Gasteiger partial charge is 0.361 e. The molecule has 3 N–H and O–H groups in total. The summed E-state index contributed by atoms with van der Waals surface area (Å²) in [5, 5.41) is 6.96. The number of H-pyrrole nitrogens is 1. The molecule has 0 aliphatic rings. The van der Waals surface area contributed by atoms with Crippen LogP contribution in [0.5, 0.6) is 0 Å². The van der Waals surface area contributed by atoms with E-state index in [0.29, 0.717) is 6.54 Å². The van der Waals surface area contributed by atoms with Gasteiger partial charge in [0.2, 0.25) is 0 Å². The molecule has 1 heterocycles. The van der Waals surface area contributed by atoms with Gasteiger partial charge in [-0.3, -0.25) is 0 Å². The molecule has 0 bridgehead atoms.